The van der Waals surface area contributed by atoms with Gasteiger partial charge in [-0.2, -0.15) is 0 Å². The van der Waals surface area contributed by atoms with Gasteiger partial charge in [0.15, 0.2) is 5.78 Å². The summed E-state index contributed by atoms with van der Waals surface area (Å²) in [6.07, 6.45) is 3.04. The van der Waals surface area contributed by atoms with Crippen LogP contribution in [-0.4, -0.2) is 10.8 Å². The molecule has 0 saturated carbocycles. The average Bonchev–Trinajstić information content (AvgIpc) is 2.87. The molecule has 0 aliphatic rings. The number of Topliss-reactive ketones (excluding diaryl/α,β-unsaturated/α-hetero) is 1. The second-order valence-electron chi connectivity index (χ2n) is 6.27. The Hall–Kier alpha value is -1.00. The molecular formula is C17H20BrNOS. The fourth-order valence-electron chi connectivity index (χ4n) is 2.06. The number of hydrogen-bond donors (Lipinski definition) is 0. The summed E-state index contributed by atoms with van der Waals surface area (Å²) in [6, 6.07) is 6.20. The van der Waals surface area contributed by atoms with E-state index >= 15 is 0 Å². The fourth-order valence-corrected chi connectivity index (χ4v) is 3.48. The summed E-state index contributed by atoms with van der Waals surface area (Å²) in [5, 5.41) is 1.02. The molecule has 0 unspecified atom stereocenters. The lowest BCUT2D eigenvalue weighted by atomic mass is 9.98. The van der Waals surface area contributed by atoms with Gasteiger partial charge in [0.2, 0.25) is 0 Å². The van der Waals surface area contributed by atoms with E-state index in [9.17, 15) is 4.79 Å². The van der Waals surface area contributed by atoms with E-state index in [1.807, 2.05) is 6.07 Å². The first-order chi connectivity index (χ1) is 9.77. The normalized spacial score (nSPS) is 11.7. The third-order valence-corrected chi connectivity index (χ3v) is 5.31. The van der Waals surface area contributed by atoms with Gasteiger partial charge in [0.05, 0.1) is 9.88 Å². The first-order valence-electron chi connectivity index (χ1n) is 7.02. The maximum Gasteiger partial charge on any atom is 0.174 e. The maximum atomic E-state index is 12.3. The van der Waals surface area contributed by atoms with Crippen molar-refractivity contribution in [2.45, 2.75) is 46.0 Å². The summed E-state index contributed by atoms with van der Waals surface area (Å²) >= 11 is 4.98. The van der Waals surface area contributed by atoms with Gasteiger partial charge in [-0.05, 0) is 36.6 Å². The van der Waals surface area contributed by atoms with Crippen LogP contribution in [0.1, 0.15) is 53.0 Å². The van der Waals surface area contributed by atoms with Crippen molar-refractivity contribution in [3.05, 3.63) is 49.9 Å². The smallest absolute Gasteiger partial charge is 0.174 e. The van der Waals surface area contributed by atoms with Crippen molar-refractivity contribution in [1.29, 1.82) is 0 Å². The highest BCUT2D eigenvalue weighted by atomic mass is 79.9. The summed E-state index contributed by atoms with van der Waals surface area (Å²) in [5.74, 6) is 0.185. The summed E-state index contributed by atoms with van der Waals surface area (Å²) < 4.78 is 1.08. The fraction of sp³-hybridized carbons (Fsp3) is 0.412. The predicted octanol–water partition coefficient (Wildman–Crippen LogP) is 5.33. The number of nitrogens with zero attached hydrogens (tertiary/aromatic N) is 1. The minimum Gasteiger partial charge on any atom is -0.293 e. The number of hydrogen-bond acceptors (Lipinski definition) is 3. The molecule has 0 aliphatic carbocycles. The number of carbonyl (C=O) groups is 1. The van der Waals surface area contributed by atoms with Crippen molar-refractivity contribution >= 4 is 33.0 Å². The summed E-state index contributed by atoms with van der Waals surface area (Å²) in [5.41, 5.74) is 2.45. The molecule has 4 heteroatoms. The lowest BCUT2D eigenvalue weighted by Gasteiger charge is -2.13. The van der Waals surface area contributed by atoms with Crippen LogP contribution in [-0.2, 0) is 11.8 Å². The highest BCUT2D eigenvalue weighted by molar-refractivity contribution is 9.10. The molecule has 0 atom stereocenters. The van der Waals surface area contributed by atoms with Crippen molar-refractivity contribution in [3.8, 4) is 0 Å². The molecule has 0 bridgehead atoms. The topological polar surface area (TPSA) is 30.0 Å². The molecule has 2 nitrogen and oxygen atoms in total. The van der Waals surface area contributed by atoms with Gasteiger partial charge >= 0.3 is 0 Å². The molecule has 0 amide bonds. The molecule has 1 heterocycles. The molecule has 1 aromatic heterocycles. The quantitative estimate of drug-likeness (QED) is 0.685. The van der Waals surface area contributed by atoms with Crippen LogP contribution in [0.2, 0.25) is 0 Å². The number of carbonyl (C=O) groups excluding carboxylic acids is 1. The lowest BCUT2D eigenvalue weighted by Crippen LogP contribution is -2.09. The van der Waals surface area contributed by atoms with Gasteiger partial charge in [-0.15, -0.1) is 11.3 Å². The highest BCUT2D eigenvalue weighted by Gasteiger charge is 2.20. The third-order valence-electron chi connectivity index (χ3n) is 3.35. The minimum atomic E-state index is 0.00545. The molecule has 0 fully saturated rings. The number of thiazole rings is 1. The van der Waals surface area contributed by atoms with E-state index in [0.717, 1.165) is 20.8 Å². The zero-order valence-corrected chi connectivity index (χ0v) is 15.3. The summed E-state index contributed by atoms with van der Waals surface area (Å²) in [6.45, 7) is 8.43. The van der Waals surface area contributed by atoms with E-state index < -0.39 is 0 Å². The van der Waals surface area contributed by atoms with Gasteiger partial charge in [0.25, 0.3) is 0 Å². The van der Waals surface area contributed by atoms with Crippen LogP contribution >= 0.6 is 27.3 Å². The Kier molecular flexibility index (Phi) is 4.99. The standard InChI is InChI=1S/C17H20BrNOS/c1-11-9-13(18)7-5-12(11)6-8-14(20)15-10-19-16(21-15)17(2,3)4/h5,7,9-10H,6,8H2,1-4H3. The zero-order valence-electron chi connectivity index (χ0n) is 12.9. The van der Waals surface area contributed by atoms with Crippen LogP contribution in [0.15, 0.2) is 28.9 Å². The average molecular weight is 366 g/mol. The molecule has 0 spiro atoms. The van der Waals surface area contributed by atoms with E-state index in [4.69, 9.17) is 0 Å². The monoisotopic (exact) mass is 365 g/mol. The van der Waals surface area contributed by atoms with Gasteiger partial charge in [-0.3, -0.25) is 4.79 Å². The second kappa shape index (κ2) is 6.41. The van der Waals surface area contributed by atoms with Crippen LogP contribution in [0, 0.1) is 6.92 Å². The highest BCUT2D eigenvalue weighted by Crippen LogP contribution is 2.27. The Morgan fingerprint density at radius 3 is 2.62 bits per heavy atom. The Morgan fingerprint density at radius 2 is 2.05 bits per heavy atom. The van der Waals surface area contributed by atoms with Crippen LogP contribution in [0.5, 0.6) is 0 Å². The number of benzene rings is 1. The molecule has 0 N–H and O–H groups in total. The summed E-state index contributed by atoms with van der Waals surface area (Å²) in [7, 11) is 0. The number of rotatable bonds is 4. The third kappa shape index (κ3) is 4.24. The van der Waals surface area contributed by atoms with E-state index in [1.165, 1.54) is 22.5 Å². The van der Waals surface area contributed by atoms with E-state index in [-0.39, 0.29) is 11.2 Å². The van der Waals surface area contributed by atoms with E-state index in [0.29, 0.717) is 6.42 Å². The number of halogens is 1. The number of aryl methyl sites for hydroxylation is 2. The van der Waals surface area contributed by atoms with Gasteiger partial charge in [0.1, 0.15) is 0 Å². The number of ketones is 1. The SMILES string of the molecule is Cc1cc(Br)ccc1CCC(=O)c1cnc(C(C)(C)C)s1. The molecule has 21 heavy (non-hydrogen) atoms. The van der Waals surface area contributed by atoms with Crippen molar-refractivity contribution in [2.75, 3.05) is 0 Å². The van der Waals surface area contributed by atoms with Crippen molar-refractivity contribution in [2.24, 2.45) is 0 Å². The van der Waals surface area contributed by atoms with Gasteiger partial charge in [0, 0.05) is 22.5 Å². The Bertz CT molecular complexity index is 655. The van der Waals surface area contributed by atoms with Crippen molar-refractivity contribution < 1.29 is 4.79 Å². The maximum absolute atomic E-state index is 12.3. The Balaban J connectivity index is 2.03. The first-order valence-corrected chi connectivity index (χ1v) is 8.63. The molecule has 2 aromatic rings. The molecular weight excluding hydrogens is 346 g/mol. The van der Waals surface area contributed by atoms with Gasteiger partial charge in [-0.1, -0.05) is 42.8 Å². The Labute approximate surface area is 138 Å². The molecule has 112 valence electrons. The van der Waals surface area contributed by atoms with Gasteiger partial charge < -0.3 is 0 Å². The number of aromatic nitrogens is 1. The molecule has 1 aromatic carbocycles. The van der Waals surface area contributed by atoms with Crippen LogP contribution < -0.4 is 0 Å². The largest absolute Gasteiger partial charge is 0.293 e. The molecule has 0 radical (unpaired) electrons. The van der Waals surface area contributed by atoms with E-state index in [2.05, 4.69) is 60.7 Å². The molecule has 0 saturated heterocycles. The molecule has 2 rings (SSSR count). The lowest BCUT2D eigenvalue weighted by molar-refractivity contribution is 0.0986. The Morgan fingerprint density at radius 1 is 1.33 bits per heavy atom. The molecule has 0 aliphatic heterocycles. The van der Waals surface area contributed by atoms with Crippen molar-refractivity contribution in [3.63, 3.8) is 0 Å². The van der Waals surface area contributed by atoms with E-state index in [1.54, 1.807) is 6.20 Å². The van der Waals surface area contributed by atoms with Gasteiger partial charge in [-0.25, -0.2) is 4.98 Å². The summed E-state index contributed by atoms with van der Waals surface area (Å²) in [4.78, 5) is 17.5. The van der Waals surface area contributed by atoms with Crippen LogP contribution in [0.4, 0.5) is 0 Å². The first kappa shape index (κ1) is 16.4. The minimum absolute atomic E-state index is 0.00545. The van der Waals surface area contributed by atoms with Crippen molar-refractivity contribution in [1.82, 2.24) is 4.98 Å². The van der Waals surface area contributed by atoms with Crippen LogP contribution in [0.25, 0.3) is 0 Å². The predicted molar refractivity (Wildman–Crippen MR) is 92.3 cm³/mol. The zero-order chi connectivity index (χ0) is 15.6. The second-order valence-corrected chi connectivity index (χ2v) is 8.22. The van der Waals surface area contributed by atoms with Crippen LogP contribution in [0.3, 0.4) is 0 Å².